The predicted molar refractivity (Wildman–Crippen MR) is 99.7 cm³/mol. The van der Waals surface area contributed by atoms with Gasteiger partial charge in [-0.3, -0.25) is 9.48 Å². The Kier molecular flexibility index (Phi) is 4.67. The number of methoxy groups -OCH3 is 2. The van der Waals surface area contributed by atoms with Gasteiger partial charge in [0.05, 0.1) is 19.1 Å². The lowest BCUT2D eigenvalue weighted by molar-refractivity contribution is 0.0947. The van der Waals surface area contributed by atoms with E-state index in [2.05, 4.69) is 10.4 Å². The van der Waals surface area contributed by atoms with E-state index in [9.17, 15) is 4.79 Å². The van der Waals surface area contributed by atoms with Gasteiger partial charge in [-0.1, -0.05) is 0 Å². The second kappa shape index (κ2) is 6.76. The van der Waals surface area contributed by atoms with E-state index >= 15 is 0 Å². The molecule has 0 aliphatic heterocycles. The van der Waals surface area contributed by atoms with Crippen LogP contribution in [0.3, 0.4) is 0 Å². The Morgan fingerprint density at radius 1 is 1.20 bits per heavy atom. The molecule has 1 aromatic carbocycles. The van der Waals surface area contributed by atoms with E-state index in [1.807, 2.05) is 45.2 Å². The van der Waals surface area contributed by atoms with E-state index in [1.165, 1.54) is 11.3 Å². The minimum Gasteiger partial charge on any atom is -0.493 e. The Bertz CT molecular complexity index is 927. The summed E-state index contributed by atoms with van der Waals surface area (Å²) in [6.45, 7) is 3.89. The lowest BCUT2D eigenvalue weighted by atomic mass is 10.1. The van der Waals surface area contributed by atoms with Crippen molar-refractivity contribution in [2.45, 2.75) is 19.9 Å². The van der Waals surface area contributed by atoms with Gasteiger partial charge in [0.2, 0.25) is 0 Å². The molecule has 0 spiro atoms. The summed E-state index contributed by atoms with van der Waals surface area (Å²) in [5, 5.41) is 8.49. The molecule has 6 nitrogen and oxygen atoms in total. The molecule has 0 aliphatic carbocycles. The first-order chi connectivity index (χ1) is 11.9. The van der Waals surface area contributed by atoms with Crippen LogP contribution in [0, 0.1) is 0 Å². The third-order valence-corrected chi connectivity index (χ3v) is 5.01. The number of nitrogens with zero attached hydrogens (tertiary/aromatic N) is 2. The number of ether oxygens (including phenoxy) is 2. The molecule has 2 heterocycles. The molecule has 0 atom stereocenters. The molecule has 3 rings (SSSR count). The third kappa shape index (κ3) is 3.19. The topological polar surface area (TPSA) is 65.4 Å². The second-order valence-electron chi connectivity index (χ2n) is 6.00. The van der Waals surface area contributed by atoms with Crippen LogP contribution in [0.4, 0.5) is 0 Å². The highest BCUT2D eigenvalue weighted by Crippen LogP contribution is 2.37. The molecule has 3 aromatic rings. The summed E-state index contributed by atoms with van der Waals surface area (Å²) in [6.07, 6.45) is 0. The van der Waals surface area contributed by atoms with Crippen LogP contribution in [0.1, 0.15) is 23.5 Å². The number of nitrogens with one attached hydrogen (secondary N) is 1. The zero-order valence-electron chi connectivity index (χ0n) is 14.9. The number of aryl methyl sites for hydroxylation is 1. The quantitative estimate of drug-likeness (QED) is 0.758. The molecule has 0 saturated carbocycles. The molecule has 1 N–H and O–H groups in total. The number of fused-ring (bicyclic) bond motifs is 1. The average molecular weight is 359 g/mol. The van der Waals surface area contributed by atoms with E-state index in [0.717, 1.165) is 21.5 Å². The number of benzene rings is 1. The number of carbonyl (C=O) groups is 1. The zero-order chi connectivity index (χ0) is 18.1. The largest absolute Gasteiger partial charge is 0.493 e. The van der Waals surface area contributed by atoms with E-state index in [-0.39, 0.29) is 11.9 Å². The average Bonchev–Trinajstić information content (AvgIpc) is 3.14. The van der Waals surface area contributed by atoms with Gasteiger partial charge < -0.3 is 14.8 Å². The standard InChI is InChI=1S/C18H21N3O3S/c1-10(2)19-17(22)15-9-12-16(20-21(3)18(12)25-15)11-6-7-13(23-4)14(8-11)24-5/h6-10H,1-5H3,(H,19,22). The van der Waals surface area contributed by atoms with Crippen molar-refractivity contribution in [3.8, 4) is 22.8 Å². The normalized spacial score (nSPS) is 11.1. The highest BCUT2D eigenvalue weighted by molar-refractivity contribution is 7.20. The van der Waals surface area contributed by atoms with Crippen molar-refractivity contribution in [3.05, 3.63) is 29.1 Å². The van der Waals surface area contributed by atoms with Gasteiger partial charge >= 0.3 is 0 Å². The van der Waals surface area contributed by atoms with Gasteiger partial charge in [0.1, 0.15) is 10.5 Å². The lowest BCUT2D eigenvalue weighted by Crippen LogP contribution is -2.29. The summed E-state index contributed by atoms with van der Waals surface area (Å²) in [7, 11) is 5.09. The monoisotopic (exact) mass is 359 g/mol. The molecule has 0 aliphatic rings. The molecule has 7 heteroatoms. The number of hydrogen-bond acceptors (Lipinski definition) is 5. The first-order valence-corrected chi connectivity index (χ1v) is 8.76. The van der Waals surface area contributed by atoms with Gasteiger partial charge in [0.15, 0.2) is 11.5 Å². The van der Waals surface area contributed by atoms with Gasteiger partial charge in [-0.2, -0.15) is 5.10 Å². The Morgan fingerprint density at radius 2 is 1.92 bits per heavy atom. The van der Waals surface area contributed by atoms with Crippen LogP contribution in [-0.4, -0.2) is 35.9 Å². The van der Waals surface area contributed by atoms with Crippen LogP contribution in [0.25, 0.3) is 21.5 Å². The van der Waals surface area contributed by atoms with Crippen LogP contribution < -0.4 is 14.8 Å². The summed E-state index contributed by atoms with van der Waals surface area (Å²) in [5.41, 5.74) is 1.73. The van der Waals surface area contributed by atoms with Crippen molar-refractivity contribution < 1.29 is 14.3 Å². The van der Waals surface area contributed by atoms with E-state index in [4.69, 9.17) is 9.47 Å². The number of hydrogen-bond donors (Lipinski definition) is 1. The fourth-order valence-electron chi connectivity index (χ4n) is 2.68. The van der Waals surface area contributed by atoms with Crippen LogP contribution >= 0.6 is 11.3 Å². The molecule has 0 fully saturated rings. The van der Waals surface area contributed by atoms with E-state index < -0.39 is 0 Å². The van der Waals surface area contributed by atoms with Crippen LogP contribution in [0.5, 0.6) is 11.5 Å². The van der Waals surface area contributed by atoms with Crippen molar-refractivity contribution in [2.24, 2.45) is 7.05 Å². The Hall–Kier alpha value is -2.54. The molecule has 0 bridgehead atoms. The molecular weight excluding hydrogens is 338 g/mol. The molecule has 0 saturated heterocycles. The van der Waals surface area contributed by atoms with Gasteiger partial charge in [-0.15, -0.1) is 11.3 Å². The van der Waals surface area contributed by atoms with Gasteiger partial charge in [0, 0.05) is 24.0 Å². The van der Waals surface area contributed by atoms with Gasteiger partial charge in [-0.25, -0.2) is 0 Å². The summed E-state index contributed by atoms with van der Waals surface area (Å²) < 4.78 is 12.5. The molecule has 1 amide bonds. The molecular formula is C18H21N3O3S. The van der Waals surface area contributed by atoms with Crippen LogP contribution in [0.15, 0.2) is 24.3 Å². The minimum absolute atomic E-state index is 0.0607. The molecule has 132 valence electrons. The van der Waals surface area contributed by atoms with Gasteiger partial charge in [-0.05, 0) is 38.1 Å². The Balaban J connectivity index is 2.08. The van der Waals surface area contributed by atoms with Crippen molar-refractivity contribution in [1.82, 2.24) is 15.1 Å². The fraction of sp³-hybridized carbons (Fsp3) is 0.333. The maximum atomic E-state index is 12.3. The van der Waals surface area contributed by atoms with Crippen molar-refractivity contribution in [1.29, 1.82) is 0 Å². The zero-order valence-corrected chi connectivity index (χ0v) is 15.7. The van der Waals surface area contributed by atoms with E-state index in [0.29, 0.717) is 16.4 Å². The SMILES string of the molecule is COc1ccc(-c2nn(C)c3sc(C(=O)NC(C)C)cc23)cc1OC. The summed E-state index contributed by atoms with van der Waals surface area (Å²) in [5.74, 6) is 1.25. The fourth-order valence-corrected chi connectivity index (χ4v) is 3.66. The smallest absolute Gasteiger partial charge is 0.261 e. The number of rotatable bonds is 5. The molecule has 0 unspecified atom stereocenters. The Morgan fingerprint density at radius 3 is 2.56 bits per heavy atom. The number of carbonyl (C=O) groups excluding carboxylic acids is 1. The lowest BCUT2D eigenvalue weighted by Gasteiger charge is -2.08. The summed E-state index contributed by atoms with van der Waals surface area (Å²) >= 11 is 1.44. The molecule has 0 radical (unpaired) electrons. The Labute approximate surface area is 150 Å². The molecule has 2 aromatic heterocycles. The van der Waals surface area contributed by atoms with Crippen LogP contribution in [0.2, 0.25) is 0 Å². The molecule has 25 heavy (non-hydrogen) atoms. The maximum absolute atomic E-state index is 12.3. The maximum Gasteiger partial charge on any atom is 0.261 e. The number of amides is 1. The van der Waals surface area contributed by atoms with Crippen molar-refractivity contribution >= 4 is 27.5 Å². The third-order valence-electron chi connectivity index (χ3n) is 3.81. The summed E-state index contributed by atoms with van der Waals surface area (Å²) in [6, 6.07) is 7.69. The highest BCUT2D eigenvalue weighted by atomic mass is 32.1. The minimum atomic E-state index is -0.0607. The van der Waals surface area contributed by atoms with Gasteiger partial charge in [0.25, 0.3) is 5.91 Å². The van der Waals surface area contributed by atoms with E-state index in [1.54, 1.807) is 18.9 Å². The predicted octanol–water partition coefficient (Wildman–Crippen LogP) is 3.46. The second-order valence-corrected chi connectivity index (χ2v) is 7.03. The summed E-state index contributed by atoms with van der Waals surface area (Å²) in [4.78, 5) is 13.9. The van der Waals surface area contributed by atoms with Crippen molar-refractivity contribution in [2.75, 3.05) is 14.2 Å². The highest BCUT2D eigenvalue weighted by Gasteiger charge is 2.19. The first kappa shape index (κ1) is 17.3. The first-order valence-electron chi connectivity index (χ1n) is 7.94. The van der Waals surface area contributed by atoms with Crippen LogP contribution in [-0.2, 0) is 7.05 Å². The number of aromatic nitrogens is 2. The number of thiophene rings is 1. The van der Waals surface area contributed by atoms with Crippen molar-refractivity contribution in [3.63, 3.8) is 0 Å².